The Kier molecular flexibility index (Phi) is 1.95. The number of hydrogen-bond acceptors (Lipinski definition) is 3. The van der Waals surface area contributed by atoms with E-state index in [1.807, 2.05) is 0 Å². The number of carbonyl (C=O) groups is 1. The average Bonchev–Trinajstić information content (AvgIpc) is 2.15. The van der Waals surface area contributed by atoms with Crippen LogP contribution in [-0.4, -0.2) is 12.0 Å². The van der Waals surface area contributed by atoms with Gasteiger partial charge in [0, 0.05) is 30.8 Å². The van der Waals surface area contributed by atoms with Crippen LogP contribution in [0.5, 0.6) is 0 Å². The Morgan fingerprint density at radius 3 is 3.11 bits per heavy atom. The average molecular weight is 148 g/mol. The van der Waals surface area contributed by atoms with Crippen molar-refractivity contribution in [3.05, 3.63) is 12.0 Å². The minimum absolute atomic E-state index is 0.606. The van der Waals surface area contributed by atoms with Gasteiger partial charge in [-0.3, -0.25) is 0 Å². The van der Waals surface area contributed by atoms with Crippen molar-refractivity contribution in [1.29, 1.82) is 0 Å². The van der Waals surface area contributed by atoms with Gasteiger partial charge in [-0.05, 0) is 0 Å². The molecule has 0 saturated heterocycles. The quantitative estimate of drug-likeness (QED) is 0.567. The van der Waals surface area contributed by atoms with Gasteiger partial charge >= 0.3 is 5.43 Å². The van der Waals surface area contributed by atoms with Crippen LogP contribution in [0.3, 0.4) is 0 Å². The van der Waals surface area contributed by atoms with Crippen molar-refractivity contribution in [3.8, 4) is 0 Å². The molecule has 0 aromatic carbocycles. The van der Waals surface area contributed by atoms with Crippen LogP contribution in [0.1, 0.15) is 6.42 Å². The molecular formula is C5H6ClNO2. The van der Waals surface area contributed by atoms with Gasteiger partial charge in [0.15, 0.2) is 0 Å². The molecule has 0 atom stereocenters. The van der Waals surface area contributed by atoms with Crippen molar-refractivity contribution >= 4 is 17.0 Å². The van der Waals surface area contributed by atoms with E-state index in [4.69, 9.17) is 11.6 Å². The fourth-order valence-corrected chi connectivity index (χ4v) is 0.736. The molecule has 3 nitrogen and oxygen atoms in total. The second kappa shape index (κ2) is 2.73. The molecule has 0 amide bonds. The van der Waals surface area contributed by atoms with E-state index in [0.29, 0.717) is 5.76 Å². The minimum atomic E-state index is -0.773. The van der Waals surface area contributed by atoms with E-state index in [9.17, 15) is 4.79 Å². The predicted octanol–water partition coefficient (Wildman–Crippen LogP) is 1.20. The van der Waals surface area contributed by atoms with Gasteiger partial charge in [0.1, 0.15) is 5.76 Å². The van der Waals surface area contributed by atoms with Crippen LogP contribution in [-0.2, 0) is 4.74 Å². The highest BCUT2D eigenvalue weighted by Gasteiger charge is 2.07. The third-order valence-electron chi connectivity index (χ3n) is 0.990. The zero-order chi connectivity index (χ0) is 6.69. The highest BCUT2D eigenvalue weighted by Crippen LogP contribution is 2.08. The third-order valence-corrected chi connectivity index (χ3v) is 1.07. The van der Waals surface area contributed by atoms with Crippen LogP contribution >= 0.6 is 11.6 Å². The van der Waals surface area contributed by atoms with E-state index in [2.05, 4.69) is 10.1 Å². The van der Waals surface area contributed by atoms with Gasteiger partial charge in [0.2, 0.25) is 0 Å². The second-order valence-electron chi connectivity index (χ2n) is 1.65. The first-order chi connectivity index (χ1) is 4.29. The monoisotopic (exact) mass is 147 g/mol. The molecule has 1 heterocycles. The standard InChI is InChI=1S/C5H6ClNO2/c6-5(8)9-4-1-2-7-3-4/h3,7H,1-2H2. The van der Waals surface area contributed by atoms with E-state index in [1.54, 1.807) is 6.20 Å². The molecule has 0 unspecified atom stereocenters. The number of carbonyl (C=O) groups excluding carboxylic acids is 1. The summed E-state index contributed by atoms with van der Waals surface area (Å²) in [4.78, 5) is 10.1. The first-order valence-corrected chi connectivity index (χ1v) is 2.96. The van der Waals surface area contributed by atoms with Crippen molar-refractivity contribution in [2.45, 2.75) is 6.42 Å². The van der Waals surface area contributed by atoms with Crippen LogP contribution in [0, 0.1) is 0 Å². The van der Waals surface area contributed by atoms with Crippen LogP contribution in [0.15, 0.2) is 12.0 Å². The van der Waals surface area contributed by atoms with Crippen molar-refractivity contribution < 1.29 is 9.53 Å². The maximum absolute atomic E-state index is 10.1. The normalized spacial score (nSPS) is 16.3. The Bertz CT molecular complexity index is 155. The van der Waals surface area contributed by atoms with Crippen molar-refractivity contribution in [3.63, 3.8) is 0 Å². The lowest BCUT2D eigenvalue weighted by atomic mass is 10.4. The SMILES string of the molecule is O=C(Cl)OC1=CNCC1. The molecule has 0 bridgehead atoms. The Morgan fingerprint density at radius 2 is 2.67 bits per heavy atom. The van der Waals surface area contributed by atoms with Crippen LogP contribution < -0.4 is 5.32 Å². The summed E-state index contributed by atoms with van der Waals surface area (Å²) >= 11 is 4.93. The van der Waals surface area contributed by atoms with E-state index in [-0.39, 0.29) is 0 Å². The van der Waals surface area contributed by atoms with Crippen molar-refractivity contribution in [1.82, 2.24) is 5.32 Å². The van der Waals surface area contributed by atoms with Gasteiger partial charge in [0.05, 0.1) is 0 Å². The summed E-state index contributed by atoms with van der Waals surface area (Å²) < 4.78 is 4.54. The molecule has 0 saturated carbocycles. The topological polar surface area (TPSA) is 38.3 Å². The van der Waals surface area contributed by atoms with Gasteiger partial charge in [-0.1, -0.05) is 0 Å². The molecule has 0 radical (unpaired) electrons. The lowest BCUT2D eigenvalue weighted by Crippen LogP contribution is -1.96. The zero-order valence-electron chi connectivity index (χ0n) is 4.69. The molecule has 0 aromatic heterocycles. The summed E-state index contributed by atoms with van der Waals surface area (Å²) in [7, 11) is 0. The Balaban J connectivity index is 2.35. The summed E-state index contributed by atoms with van der Waals surface area (Å²) in [5, 5.41) is 2.88. The molecule has 1 aliphatic heterocycles. The van der Waals surface area contributed by atoms with E-state index in [1.165, 1.54) is 0 Å². The van der Waals surface area contributed by atoms with Gasteiger partial charge < -0.3 is 10.1 Å². The van der Waals surface area contributed by atoms with Crippen molar-refractivity contribution in [2.24, 2.45) is 0 Å². The fraction of sp³-hybridized carbons (Fsp3) is 0.400. The van der Waals surface area contributed by atoms with Gasteiger partial charge in [-0.2, -0.15) is 0 Å². The summed E-state index contributed by atoms with van der Waals surface area (Å²) in [5.74, 6) is 0.606. The predicted molar refractivity (Wildman–Crippen MR) is 33.0 cm³/mol. The third kappa shape index (κ3) is 1.93. The Labute approximate surface area is 57.6 Å². The lowest BCUT2D eigenvalue weighted by molar-refractivity contribution is 0.201. The summed E-state index contributed by atoms with van der Waals surface area (Å²) in [6.07, 6.45) is 2.37. The first-order valence-electron chi connectivity index (χ1n) is 2.59. The lowest BCUT2D eigenvalue weighted by Gasteiger charge is -1.94. The number of halogens is 1. The van der Waals surface area contributed by atoms with Gasteiger partial charge in [-0.15, -0.1) is 0 Å². The summed E-state index contributed by atoms with van der Waals surface area (Å²) in [6.45, 7) is 0.819. The van der Waals surface area contributed by atoms with E-state index < -0.39 is 5.43 Å². The fourth-order valence-electron chi connectivity index (χ4n) is 0.637. The molecule has 0 aromatic rings. The van der Waals surface area contributed by atoms with E-state index >= 15 is 0 Å². The van der Waals surface area contributed by atoms with Crippen LogP contribution in [0.2, 0.25) is 0 Å². The van der Waals surface area contributed by atoms with E-state index in [0.717, 1.165) is 13.0 Å². The Morgan fingerprint density at radius 1 is 1.89 bits per heavy atom. The molecule has 0 aliphatic carbocycles. The molecule has 0 spiro atoms. The molecule has 1 aliphatic rings. The van der Waals surface area contributed by atoms with Crippen LogP contribution in [0.25, 0.3) is 0 Å². The van der Waals surface area contributed by atoms with Crippen LogP contribution in [0.4, 0.5) is 4.79 Å². The molecule has 1 rings (SSSR count). The molecular weight excluding hydrogens is 142 g/mol. The number of rotatable bonds is 1. The highest BCUT2D eigenvalue weighted by molar-refractivity contribution is 6.61. The number of hydrogen-bond donors (Lipinski definition) is 1. The maximum Gasteiger partial charge on any atom is 0.408 e. The molecule has 4 heteroatoms. The molecule has 0 fully saturated rings. The second-order valence-corrected chi connectivity index (χ2v) is 1.96. The van der Waals surface area contributed by atoms with Gasteiger partial charge in [0.25, 0.3) is 0 Å². The Hall–Kier alpha value is -0.700. The highest BCUT2D eigenvalue weighted by atomic mass is 35.5. The summed E-state index contributed by atoms with van der Waals surface area (Å²) in [5.41, 5.74) is -0.773. The molecule has 9 heavy (non-hydrogen) atoms. The smallest absolute Gasteiger partial charge is 0.408 e. The van der Waals surface area contributed by atoms with Crippen molar-refractivity contribution in [2.75, 3.05) is 6.54 Å². The number of nitrogens with one attached hydrogen (secondary N) is 1. The largest absolute Gasteiger partial charge is 0.417 e. The van der Waals surface area contributed by atoms with Gasteiger partial charge in [-0.25, -0.2) is 4.79 Å². The number of ether oxygens (including phenoxy) is 1. The minimum Gasteiger partial charge on any atom is -0.417 e. The zero-order valence-corrected chi connectivity index (χ0v) is 5.44. The molecule has 50 valence electrons. The maximum atomic E-state index is 10.1. The molecule has 1 N–H and O–H groups in total. The summed E-state index contributed by atoms with van der Waals surface area (Å²) in [6, 6.07) is 0. The first kappa shape index (κ1) is 6.42.